The first kappa shape index (κ1) is 30.7. The fourth-order valence-electron chi connectivity index (χ4n) is 5.81. The molecule has 0 amide bonds. The number of nitro benzene ring substituents is 1. The van der Waals surface area contributed by atoms with Gasteiger partial charge in [-0.25, -0.2) is 0 Å². The Bertz CT molecular complexity index is 1220. The van der Waals surface area contributed by atoms with Gasteiger partial charge in [-0.2, -0.15) is 0 Å². The molecule has 3 aromatic carbocycles. The van der Waals surface area contributed by atoms with E-state index in [1.54, 1.807) is 12.1 Å². The monoisotopic (exact) mass is 575 g/mol. The van der Waals surface area contributed by atoms with E-state index in [-0.39, 0.29) is 21.8 Å². The highest BCUT2D eigenvalue weighted by molar-refractivity contribution is 6.99. The zero-order valence-electron chi connectivity index (χ0n) is 25.2. The van der Waals surface area contributed by atoms with Gasteiger partial charge in [0.05, 0.1) is 23.3 Å². The van der Waals surface area contributed by atoms with Crippen molar-refractivity contribution in [1.29, 1.82) is 0 Å². The number of unbranched alkanes of at least 4 members (excludes halogenated alkanes) is 1. The number of hydrogen-bond donors (Lipinski definition) is 0. The Balaban J connectivity index is 1.41. The van der Waals surface area contributed by atoms with Crippen LogP contribution in [0.5, 0.6) is 5.75 Å². The molecule has 1 atom stereocenters. The van der Waals surface area contributed by atoms with Crippen LogP contribution >= 0.6 is 0 Å². The highest BCUT2D eigenvalue weighted by atomic mass is 28.4. The van der Waals surface area contributed by atoms with Crippen molar-refractivity contribution in [2.45, 2.75) is 58.1 Å². The molecule has 1 aliphatic heterocycles. The average Bonchev–Trinajstić information content (AvgIpc) is 2.96. The summed E-state index contributed by atoms with van der Waals surface area (Å²) in [6.45, 7) is 13.3. The molecule has 0 aliphatic carbocycles. The molecule has 0 spiro atoms. The van der Waals surface area contributed by atoms with Gasteiger partial charge in [-0.05, 0) is 54.7 Å². The minimum absolute atomic E-state index is 0.0604. The van der Waals surface area contributed by atoms with Gasteiger partial charge in [-0.15, -0.1) is 0 Å². The van der Waals surface area contributed by atoms with Crippen LogP contribution in [0.15, 0.2) is 78.9 Å². The van der Waals surface area contributed by atoms with Gasteiger partial charge in [0.25, 0.3) is 14.0 Å². The lowest BCUT2D eigenvalue weighted by Crippen LogP contribution is -2.67. The second-order valence-corrected chi connectivity index (χ2v) is 16.4. The fraction of sp³-hybridized carbons (Fsp3) is 0.455. The average molecular weight is 576 g/mol. The molecular formula is C33H45N3O4Si. The molecule has 4 rings (SSSR count). The Morgan fingerprint density at radius 3 is 2.02 bits per heavy atom. The molecule has 8 heteroatoms. The maximum absolute atomic E-state index is 11.4. The van der Waals surface area contributed by atoms with Gasteiger partial charge in [-0.1, -0.05) is 81.4 Å². The van der Waals surface area contributed by atoms with Crippen LogP contribution in [0.3, 0.4) is 0 Å². The number of anilines is 1. The van der Waals surface area contributed by atoms with Crippen molar-refractivity contribution in [3.05, 3.63) is 89.0 Å². The van der Waals surface area contributed by atoms with Gasteiger partial charge in [0.15, 0.2) is 0 Å². The topological polar surface area (TPSA) is 68.1 Å². The SMILES string of the molecule is CC(CCCCOc1cc([N+](=O)[O-])ccc1N1CCN(C)CC1)O[Si](c1ccccc1)(c1ccccc1)C(C)(C)C. The van der Waals surface area contributed by atoms with Gasteiger partial charge in [-0.3, -0.25) is 10.1 Å². The predicted octanol–water partition coefficient (Wildman–Crippen LogP) is 5.86. The number of hydrogen-bond acceptors (Lipinski definition) is 6. The van der Waals surface area contributed by atoms with E-state index >= 15 is 0 Å². The number of ether oxygens (including phenoxy) is 1. The van der Waals surface area contributed by atoms with Crippen LogP contribution in [0.2, 0.25) is 5.04 Å². The minimum atomic E-state index is -2.59. The molecule has 220 valence electrons. The van der Waals surface area contributed by atoms with Crippen LogP contribution in [0, 0.1) is 10.1 Å². The quantitative estimate of drug-likeness (QED) is 0.117. The Kier molecular flexibility index (Phi) is 10.2. The van der Waals surface area contributed by atoms with Gasteiger partial charge in [0.2, 0.25) is 0 Å². The summed E-state index contributed by atoms with van der Waals surface area (Å²) in [5, 5.41) is 14.0. The number of rotatable bonds is 12. The van der Waals surface area contributed by atoms with Crippen LogP contribution in [0.25, 0.3) is 0 Å². The van der Waals surface area contributed by atoms with Crippen LogP contribution < -0.4 is 20.0 Å². The van der Waals surface area contributed by atoms with Crippen molar-refractivity contribution in [3.63, 3.8) is 0 Å². The second kappa shape index (κ2) is 13.6. The zero-order valence-corrected chi connectivity index (χ0v) is 26.2. The smallest absolute Gasteiger partial charge is 0.273 e. The van der Waals surface area contributed by atoms with Crippen LogP contribution in [-0.2, 0) is 4.43 Å². The van der Waals surface area contributed by atoms with Crippen molar-refractivity contribution in [3.8, 4) is 5.75 Å². The summed E-state index contributed by atoms with van der Waals surface area (Å²) in [6, 6.07) is 26.5. The fourth-order valence-corrected chi connectivity index (χ4v) is 10.5. The molecule has 0 radical (unpaired) electrons. The highest BCUT2D eigenvalue weighted by Gasteiger charge is 2.50. The first-order valence-corrected chi connectivity index (χ1v) is 16.7. The number of likely N-dealkylation sites (N-methyl/N-ethyl adjacent to an activating group) is 1. The number of nitrogens with zero attached hydrogens (tertiary/aromatic N) is 3. The van der Waals surface area contributed by atoms with Crippen molar-refractivity contribution in [1.82, 2.24) is 4.90 Å². The van der Waals surface area contributed by atoms with E-state index in [2.05, 4.69) is 105 Å². The summed E-state index contributed by atoms with van der Waals surface area (Å²) in [4.78, 5) is 15.6. The first-order chi connectivity index (χ1) is 19.6. The van der Waals surface area contributed by atoms with Gasteiger partial charge < -0.3 is 19.0 Å². The van der Waals surface area contributed by atoms with Crippen molar-refractivity contribution in [2.75, 3.05) is 44.7 Å². The maximum Gasteiger partial charge on any atom is 0.273 e. The maximum atomic E-state index is 11.4. The molecule has 1 heterocycles. The Morgan fingerprint density at radius 1 is 0.902 bits per heavy atom. The van der Waals surface area contributed by atoms with E-state index in [9.17, 15) is 10.1 Å². The lowest BCUT2D eigenvalue weighted by atomic mass is 10.2. The summed E-state index contributed by atoms with van der Waals surface area (Å²) in [5.74, 6) is 0.598. The van der Waals surface area contributed by atoms with Gasteiger partial charge >= 0.3 is 0 Å². The lowest BCUT2D eigenvalue weighted by molar-refractivity contribution is -0.384. The summed E-state index contributed by atoms with van der Waals surface area (Å²) < 4.78 is 13.4. The zero-order chi connectivity index (χ0) is 29.5. The third-order valence-corrected chi connectivity index (χ3v) is 13.2. The molecule has 1 aliphatic rings. The largest absolute Gasteiger partial charge is 0.491 e. The van der Waals surface area contributed by atoms with E-state index in [0.717, 1.165) is 51.1 Å². The Morgan fingerprint density at radius 2 is 1.49 bits per heavy atom. The van der Waals surface area contributed by atoms with Crippen LogP contribution in [-0.4, -0.2) is 64.1 Å². The number of benzene rings is 3. The molecule has 0 N–H and O–H groups in total. The third-order valence-electron chi connectivity index (χ3n) is 8.06. The molecule has 7 nitrogen and oxygen atoms in total. The van der Waals surface area contributed by atoms with Gasteiger partial charge in [0, 0.05) is 38.3 Å². The second-order valence-electron chi connectivity index (χ2n) is 12.1. The first-order valence-electron chi connectivity index (χ1n) is 14.8. The third kappa shape index (κ3) is 7.36. The Labute approximate surface area is 246 Å². The van der Waals surface area contributed by atoms with Crippen LogP contribution in [0.4, 0.5) is 11.4 Å². The normalized spacial score (nSPS) is 15.5. The molecule has 41 heavy (non-hydrogen) atoms. The Hall–Kier alpha value is -3.20. The molecule has 0 saturated carbocycles. The molecule has 3 aromatic rings. The van der Waals surface area contributed by atoms with E-state index in [4.69, 9.17) is 9.16 Å². The molecule has 1 fully saturated rings. The van der Waals surface area contributed by atoms with Crippen molar-refractivity contribution in [2.24, 2.45) is 0 Å². The van der Waals surface area contributed by atoms with E-state index in [1.165, 1.54) is 10.4 Å². The van der Waals surface area contributed by atoms with E-state index in [1.807, 2.05) is 6.07 Å². The summed E-state index contributed by atoms with van der Waals surface area (Å²) in [6.07, 6.45) is 2.77. The molecular weight excluding hydrogens is 530 g/mol. The number of piperazine rings is 1. The highest BCUT2D eigenvalue weighted by Crippen LogP contribution is 2.38. The number of nitro groups is 1. The standard InChI is InChI=1S/C33H45N3O4Si/c1-27(40-41(33(2,3)4,29-15-8-6-9-16-29)30-17-10-7-11-18-30)14-12-13-25-39-32-26-28(36(37)38)19-20-31(32)35-23-21-34(5)22-24-35/h6-11,15-20,26-27H,12-14,21-25H2,1-5H3. The summed E-state index contributed by atoms with van der Waals surface area (Å²) in [7, 11) is -0.472. The van der Waals surface area contributed by atoms with E-state index < -0.39 is 8.32 Å². The van der Waals surface area contributed by atoms with Crippen molar-refractivity contribution >= 4 is 30.1 Å². The van der Waals surface area contributed by atoms with Crippen LogP contribution in [0.1, 0.15) is 47.0 Å². The lowest BCUT2D eigenvalue weighted by Gasteiger charge is -2.44. The minimum Gasteiger partial charge on any atom is -0.491 e. The van der Waals surface area contributed by atoms with Crippen molar-refractivity contribution < 1.29 is 14.1 Å². The summed E-state index contributed by atoms with van der Waals surface area (Å²) in [5.41, 5.74) is 0.997. The van der Waals surface area contributed by atoms with E-state index in [0.29, 0.717) is 12.4 Å². The molecule has 0 bridgehead atoms. The van der Waals surface area contributed by atoms with Gasteiger partial charge in [0.1, 0.15) is 5.75 Å². The molecule has 1 saturated heterocycles. The molecule has 0 aromatic heterocycles. The molecule has 1 unspecified atom stereocenters. The number of non-ortho nitro benzene ring substituents is 1. The predicted molar refractivity (Wildman–Crippen MR) is 170 cm³/mol. The summed E-state index contributed by atoms with van der Waals surface area (Å²) >= 11 is 0.